The molecule has 2 aromatic rings. The maximum atomic E-state index is 10.8. The predicted molar refractivity (Wildman–Crippen MR) is 81.8 cm³/mol. The molecule has 0 aliphatic rings. The summed E-state index contributed by atoms with van der Waals surface area (Å²) in [5.74, 6) is -0.764. The van der Waals surface area contributed by atoms with Crippen molar-refractivity contribution in [3.05, 3.63) is 65.5 Å². The van der Waals surface area contributed by atoms with Crippen molar-refractivity contribution in [2.45, 2.75) is 26.4 Å². The van der Waals surface area contributed by atoms with Crippen LogP contribution in [0.25, 0.3) is 0 Å². The van der Waals surface area contributed by atoms with Crippen molar-refractivity contribution in [2.75, 3.05) is 6.54 Å². The highest BCUT2D eigenvalue weighted by molar-refractivity contribution is 5.66. The number of carboxylic acid groups (broad SMARTS) is 1. The number of aliphatic carboxylic acids is 1. The van der Waals surface area contributed by atoms with Gasteiger partial charge in [-0.15, -0.1) is 0 Å². The molecule has 1 N–H and O–H groups in total. The molecule has 0 bridgehead atoms. The molecular weight excluding hydrogens is 264 g/mol. The molecule has 0 spiro atoms. The second-order valence-corrected chi connectivity index (χ2v) is 5.14. The van der Waals surface area contributed by atoms with Crippen molar-refractivity contribution in [2.24, 2.45) is 0 Å². The van der Waals surface area contributed by atoms with Crippen molar-refractivity contribution in [3.63, 3.8) is 0 Å². The minimum Gasteiger partial charge on any atom is -0.481 e. The van der Waals surface area contributed by atoms with Gasteiger partial charge in [-0.25, -0.2) is 0 Å². The summed E-state index contributed by atoms with van der Waals surface area (Å²) in [6.45, 7) is 4.09. The third-order valence-electron chi connectivity index (χ3n) is 3.45. The molecule has 4 heteroatoms. The molecule has 4 nitrogen and oxygen atoms in total. The van der Waals surface area contributed by atoms with E-state index in [1.165, 1.54) is 11.1 Å². The van der Waals surface area contributed by atoms with Gasteiger partial charge in [0.15, 0.2) is 0 Å². The fourth-order valence-corrected chi connectivity index (χ4v) is 2.24. The van der Waals surface area contributed by atoms with Crippen LogP contribution in [0.15, 0.2) is 48.8 Å². The average molecular weight is 284 g/mol. The van der Waals surface area contributed by atoms with E-state index in [0.29, 0.717) is 6.54 Å². The smallest absolute Gasteiger partial charge is 0.304 e. The minimum absolute atomic E-state index is 0.150. The van der Waals surface area contributed by atoms with E-state index in [1.807, 2.05) is 24.3 Å². The second kappa shape index (κ2) is 7.55. The zero-order chi connectivity index (χ0) is 15.1. The third-order valence-corrected chi connectivity index (χ3v) is 3.45. The maximum absolute atomic E-state index is 10.8. The zero-order valence-electron chi connectivity index (χ0n) is 12.2. The number of hydrogen-bond acceptors (Lipinski definition) is 3. The normalized spacial score (nSPS) is 10.8. The van der Waals surface area contributed by atoms with Gasteiger partial charge in [0.1, 0.15) is 0 Å². The number of rotatable bonds is 7. The highest BCUT2D eigenvalue weighted by Gasteiger charge is 2.10. The first-order valence-electron chi connectivity index (χ1n) is 7.02. The molecule has 0 unspecified atom stereocenters. The summed E-state index contributed by atoms with van der Waals surface area (Å²) in [7, 11) is 0. The van der Waals surface area contributed by atoms with E-state index in [9.17, 15) is 4.79 Å². The molecule has 0 radical (unpaired) electrons. The van der Waals surface area contributed by atoms with E-state index < -0.39 is 5.97 Å². The Morgan fingerprint density at radius 1 is 1.14 bits per heavy atom. The van der Waals surface area contributed by atoms with Crippen LogP contribution in [-0.2, 0) is 17.9 Å². The van der Waals surface area contributed by atoms with Crippen LogP contribution in [0.1, 0.15) is 23.1 Å². The molecule has 21 heavy (non-hydrogen) atoms. The third kappa shape index (κ3) is 5.00. The Morgan fingerprint density at radius 2 is 1.86 bits per heavy atom. The number of carboxylic acids is 1. The number of nitrogens with zero attached hydrogens (tertiary/aromatic N) is 2. The van der Waals surface area contributed by atoms with Crippen molar-refractivity contribution in [1.29, 1.82) is 0 Å². The Hall–Kier alpha value is -2.20. The summed E-state index contributed by atoms with van der Waals surface area (Å²) in [5.41, 5.74) is 3.61. The number of carbonyl (C=O) groups is 1. The molecule has 0 saturated carbocycles. The largest absolute Gasteiger partial charge is 0.481 e. The molecular formula is C17H20N2O2. The van der Waals surface area contributed by atoms with Gasteiger partial charge in [0.25, 0.3) is 0 Å². The van der Waals surface area contributed by atoms with Gasteiger partial charge < -0.3 is 5.11 Å². The number of hydrogen-bond donors (Lipinski definition) is 1. The number of aryl methyl sites for hydroxylation is 1. The Bertz CT molecular complexity index is 584. The molecule has 0 saturated heterocycles. The van der Waals surface area contributed by atoms with Gasteiger partial charge in [0.2, 0.25) is 0 Å². The molecule has 1 aromatic heterocycles. The van der Waals surface area contributed by atoms with Crippen LogP contribution in [0.4, 0.5) is 0 Å². The Labute approximate surface area is 125 Å². The molecule has 110 valence electrons. The Kier molecular flexibility index (Phi) is 5.46. The summed E-state index contributed by atoms with van der Waals surface area (Å²) in [4.78, 5) is 17.0. The summed E-state index contributed by atoms with van der Waals surface area (Å²) >= 11 is 0. The molecule has 2 rings (SSSR count). The van der Waals surface area contributed by atoms with E-state index in [2.05, 4.69) is 28.9 Å². The van der Waals surface area contributed by atoms with Crippen LogP contribution in [0.3, 0.4) is 0 Å². The Morgan fingerprint density at radius 3 is 2.52 bits per heavy atom. The molecule has 1 aromatic carbocycles. The van der Waals surface area contributed by atoms with Crippen LogP contribution >= 0.6 is 0 Å². The predicted octanol–water partition coefficient (Wildman–Crippen LogP) is 2.87. The molecule has 0 aliphatic carbocycles. The fraction of sp³-hybridized carbons (Fsp3) is 0.294. The first-order chi connectivity index (χ1) is 10.1. The highest BCUT2D eigenvalue weighted by Crippen LogP contribution is 2.13. The molecule has 0 aliphatic heterocycles. The lowest BCUT2D eigenvalue weighted by Gasteiger charge is -2.22. The van der Waals surface area contributed by atoms with Crippen LogP contribution in [-0.4, -0.2) is 27.5 Å². The van der Waals surface area contributed by atoms with E-state index in [-0.39, 0.29) is 6.42 Å². The minimum atomic E-state index is -0.764. The van der Waals surface area contributed by atoms with Gasteiger partial charge in [-0.05, 0) is 35.7 Å². The van der Waals surface area contributed by atoms with Gasteiger partial charge in [-0.3, -0.25) is 14.7 Å². The molecule has 0 atom stereocenters. The van der Waals surface area contributed by atoms with Crippen molar-refractivity contribution < 1.29 is 9.90 Å². The SMILES string of the molecule is Cc1ccccc1CN(CCC(=O)O)Cc1ccncc1. The second-order valence-electron chi connectivity index (χ2n) is 5.14. The summed E-state index contributed by atoms with van der Waals surface area (Å²) < 4.78 is 0. The van der Waals surface area contributed by atoms with Crippen molar-refractivity contribution >= 4 is 5.97 Å². The average Bonchev–Trinajstić information content (AvgIpc) is 2.48. The van der Waals surface area contributed by atoms with E-state index in [4.69, 9.17) is 5.11 Å². The zero-order valence-corrected chi connectivity index (χ0v) is 12.2. The van der Waals surface area contributed by atoms with Crippen LogP contribution in [0.2, 0.25) is 0 Å². The number of pyridine rings is 1. The first kappa shape index (κ1) is 15.2. The molecule has 0 fully saturated rings. The lowest BCUT2D eigenvalue weighted by molar-refractivity contribution is -0.137. The monoisotopic (exact) mass is 284 g/mol. The fourth-order valence-electron chi connectivity index (χ4n) is 2.24. The van der Waals surface area contributed by atoms with Crippen LogP contribution < -0.4 is 0 Å². The standard InChI is InChI=1S/C17H20N2O2/c1-14-4-2-3-5-16(14)13-19(11-8-17(20)21)12-15-6-9-18-10-7-15/h2-7,9-10H,8,11-13H2,1H3,(H,20,21). The highest BCUT2D eigenvalue weighted by atomic mass is 16.4. The summed E-state index contributed by atoms with van der Waals surface area (Å²) in [6, 6.07) is 12.1. The van der Waals surface area contributed by atoms with Crippen molar-refractivity contribution in [3.8, 4) is 0 Å². The first-order valence-corrected chi connectivity index (χ1v) is 7.02. The quantitative estimate of drug-likeness (QED) is 0.849. The topological polar surface area (TPSA) is 53.4 Å². The summed E-state index contributed by atoms with van der Waals surface area (Å²) in [5, 5.41) is 8.91. The van der Waals surface area contributed by atoms with Crippen molar-refractivity contribution in [1.82, 2.24) is 9.88 Å². The Balaban J connectivity index is 2.08. The lowest BCUT2D eigenvalue weighted by Crippen LogP contribution is -2.26. The van der Waals surface area contributed by atoms with E-state index in [1.54, 1.807) is 12.4 Å². The van der Waals surface area contributed by atoms with Gasteiger partial charge in [0, 0.05) is 32.0 Å². The molecule has 0 amide bonds. The van der Waals surface area contributed by atoms with Gasteiger partial charge in [-0.1, -0.05) is 24.3 Å². The van der Waals surface area contributed by atoms with E-state index >= 15 is 0 Å². The lowest BCUT2D eigenvalue weighted by atomic mass is 10.1. The summed E-state index contributed by atoms with van der Waals surface area (Å²) in [6.07, 6.45) is 3.67. The van der Waals surface area contributed by atoms with Crippen LogP contribution in [0.5, 0.6) is 0 Å². The van der Waals surface area contributed by atoms with Gasteiger partial charge in [-0.2, -0.15) is 0 Å². The number of aromatic nitrogens is 1. The van der Waals surface area contributed by atoms with Gasteiger partial charge >= 0.3 is 5.97 Å². The van der Waals surface area contributed by atoms with E-state index in [0.717, 1.165) is 18.7 Å². The van der Waals surface area contributed by atoms with Gasteiger partial charge in [0.05, 0.1) is 6.42 Å². The number of benzene rings is 1. The van der Waals surface area contributed by atoms with Crippen LogP contribution in [0, 0.1) is 6.92 Å². The molecule has 1 heterocycles. The maximum Gasteiger partial charge on any atom is 0.304 e.